The molecule has 1 aromatic heterocycles. The zero-order chi connectivity index (χ0) is 27.7. The molecule has 1 atom stereocenters. The molecular formula is C28H34N8O2. The smallest absolute Gasteiger partial charge is 0.247 e. The molecule has 0 radical (unpaired) electrons. The number of rotatable bonds is 9. The Morgan fingerprint density at radius 1 is 1.26 bits per heavy atom. The van der Waals surface area contributed by atoms with Gasteiger partial charge in [-0.3, -0.25) is 9.59 Å². The lowest BCUT2D eigenvalue weighted by molar-refractivity contribution is -0.127. The van der Waals surface area contributed by atoms with E-state index < -0.39 is 5.92 Å². The van der Waals surface area contributed by atoms with Crippen molar-refractivity contribution in [2.24, 2.45) is 11.8 Å². The lowest BCUT2D eigenvalue weighted by atomic mass is 9.80. The number of anilines is 3. The average Bonchev–Trinajstić information content (AvgIpc) is 2.89. The molecule has 0 bridgehead atoms. The quantitative estimate of drug-likeness (QED) is 0.296. The van der Waals surface area contributed by atoms with Crippen LogP contribution in [0.1, 0.15) is 30.9 Å². The number of aromatic nitrogens is 2. The normalized spacial score (nSPS) is 17.2. The van der Waals surface area contributed by atoms with Gasteiger partial charge in [0.05, 0.1) is 29.3 Å². The molecule has 1 heterocycles. The Bertz CT molecular complexity index is 1300. The predicted molar refractivity (Wildman–Crippen MR) is 147 cm³/mol. The number of hydrogen-bond donors (Lipinski definition) is 4. The first-order valence-electron chi connectivity index (χ1n) is 12.4. The van der Waals surface area contributed by atoms with Gasteiger partial charge in [-0.2, -0.15) is 10.2 Å². The van der Waals surface area contributed by atoms with E-state index in [0.717, 1.165) is 18.5 Å². The highest BCUT2D eigenvalue weighted by Crippen LogP contribution is 2.28. The number of amides is 2. The van der Waals surface area contributed by atoms with E-state index in [0.29, 0.717) is 35.0 Å². The van der Waals surface area contributed by atoms with Crippen molar-refractivity contribution in [2.75, 3.05) is 45.4 Å². The first kappa shape index (κ1) is 28.2. The Morgan fingerprint density at radius 3 is 2.68 bits per heavy atom. The van der Waals surface area contributed by atoms with Crippen LogP contribution >= 0.6 is 0 Å². The van der Waals surface area contributed by atoms with Gasteiger partial charge in [-0.15, -0.1) is 0 Å². The molecule has 1 fully saturated rings. The lowest BCUT2D eigenvalue weighted by Crippen LogP contribution is -2.46. The summed E-state index contributed by atoms with van der Waals surface area (Å²) >= 11 is 0. The highest BCUT2D eigenvalue weighted by atomic mass is 16.2. The molecule has 10 heteroatoms. The molecule has 0 unspecified atom stereocenters. The Morgan fingerprint density at radius 2 is 2.03 bits per heavy atom. The maximum Gasteiger partial charge on any atom is 0.247 e. The van der Waals surface area contributed by atoms with E-state index in [1.165, 1.54) is 0 Å². The van der Waals surface area contributed by atoms with Crippen LogP contribution < -0.4 is 21.3 Å². The second-order valence-corrected chi connectivity index (χ2v) is 9.39. The maximum absolute atomic E-state index is 12.8. The van der Waals surface area contributed by atoms with Crippen LogP contribution in [0.15, 0.2) is 42.1 Å². The minimum Gasteiger partial charge on any atom is -0.372 e. The number of carbonyl (C=O) groups is 2. The molecule has 1 aromatic carbocycles. The number of nitrogens with zero attached hydrogens (tertiary/aromatic N) is 4. The zero-order valence-electron chi connectivity index (χ0n) is 22.4. The van der Waals surface area contributed by atoms with E-state index in [9.17, 15) is 9.59 Å². The highest BCUT2D eigenvalue weighted by Gasteiger charge is 2.31. The first-order chi connectivity index (χ1) is 18.2. The van der Waals surface area contributed by atoms with Crippen molar-refractivity contribution in [3.8, 4) is 17.9 Å². The lowest BCUT2D eigenvalue weighted by Gasteiger charge is -2.33. The van der Waals surface area contributed by atoms with Crippen molar-refractivity contribution in [3.05, 3.63) is 53.2 Å². The standard InChI is InChI=1S/C28H34N8O2/c1-18(24(27(38)31-3)11-12-36(4)5)26(37)33-23-13-19(14-23)9-10-21-17-32-28(35-25(21)30-2)34-22-8-6-7-20(15-22)16-29/h6-8,11,15,17-19,23H,12-14H2,1-5H3,(H,31,38)(H,33,37)(H2,30,32,34,35)/b24-11-/t18-,19?,23?/m0/s1. The van der Waals surface area contributed by atoms with E-state index >= 15 is 0 Å². The monoisotopic (exact) mass is 514 g/mol. The number of benzene rings is 1. The van der Waals surface area contributed by atoms with Crippen LogP contribution in [0.4, 0.5) is 17.5 Å². The van der Waals surface area contributed by atoms with Gasteiger partial charge < -0.3 is 26.2 Å². The molecule has 0 spiro atoms. The molecular weight excluding hydrogens is 480 g/mol. The summed E-state index contributed by atoms with van der Waals surface area (Å²) in [6.45, 7) is 2.32. The average molecular weight is 515 g/mol. The van der Waals surface area contributed by atoms with Crippen LogP contribution in [-0.4, -0.2) is 67.5 Å². The number of nitriles is 1. The molecule has 1 aliphatic carbocycles. The van der Waals surface area contributed by atoms with Gasteiger partial charge in [-0.1, -0.05) is 24.0 Å². The van der Waals surface area contributed by atoms with E-state index in [1.807, 2.05) is 25.1 Å². The van der Waals surface area contributed by atoms with Crippen molar-refractivity contribution in [2.45, 2.75) is 25.8 Å². The first-order valence-corrected chi connectivity index (χ1v) is 12.4. The predicted octanol–water partition coefficient (Wildman–Crippen LogP) is 2.25. The molecule has 0 saturated heterocycles. The van der Waals surface area contributed by atoms with Gasteiger partial charge in [-0.25, -0.2) is 4.98 Å². The van der Waals surface area contributed by atoms with Crippen molar-refractivity contribution < 1.29 is 9.59 Å². The van der Waals surface area contributed by atoms with E-state index in [1.54, 1.807) is 51.5 Å². The summed E-state index contributed by atoms with van der Waals surface area (Å²) in [7, 11) is 7.15. The summed E-state index contributed by atoms with van der Waals surface area (Å²) in [6.07, 6.45) is 4.94. The fourth-order valence-corrected chi connectivity index (χ4v) is 3.91. The van der Waals surface area contributed by atoms with Crippen molar-refractivity contribution in [3.63, 3.8) is 0 Å². The number of nitrogens with one attached hydrogen (secondary N) is 4. The number of likely N-dealkylation sites (N-methyl/N-ethyl adjacent to an activating group) is 2. The van der Waals surface area contributed by atoms with Crippen LogP contribution in [0.2, 0.25) is 0 Å². The van der Waals surface area contributed by atoms with Crippen molar-refractivity contribution in [1.82, 2.24) is 25.5 Å². The molecule has 4 N–H and O–H groups in total. The van der Waals surface area contributed by atoms with Gasteiger partial charge in [0.2, 0.25) is 17.8 Å². The number of hydrogen-bond acceptors (Lipinski definition) is 8. The molecule has 198 valence electrons. The molecule has 2 aromatic rings. The second-order valence-electron chi connectivity index (χ2n) is 9.39. The van der Waals surface area contributed by atoms with E-state index in [-0.39, 0.29) is 23.8 Å². The minimum atomic E-state index is -0.551. The van der Waals surface area contributed by atoms with Gasteiger partial charge in [0.1, 0.15) is 5.82 Å². The van der Waals surface area contributed by atoms with Crippen LogP contribution in [0, 0.1) is 35.0 Å². The zero-order valence-corrected chi connectivity index (χ0v) is 22.4. The summed E-state index contributed by atoms with van der Waals surface area (Å²) in [4.78, 5) is 35.8. The Kier molecular flexibility index (Phi) is 9.80. The summed E-state index contributed by atoms with van der Waals surface area (Å²) < 4.78 is 0. The van der Waals surface area contributed by atoms with Gasteiger partial charge in [0.15, 0.2) is 0 Å². The van der Waals surface area contributed by atoms with Gasteiger partial charge in [-0.05, 0) is 52.1 Å². The summed E-state index contributed by atoms with van der Waals surface area (Å²) in [5, 5.41) is 20.9. The molecule has 10 nitrogen and oxygen atoms in total. The Labute approximate surface area is 223 Å². The van der Waals surface area contributed by atoms with Crippen LogP contribution in [0.25, 0.3) is 0 Å². The van der Waals surface area contributed by atoms with Gasteiger partial charge in [0, 0.05) is 43.9 Å². The SMILES string of the molecule is CNC(=O)/C(=C\CN(C)C)[C@H](C)C(=O)NC1CC(C#Cc2cnc(Nc3cccc(C#N)c3)nc2NC)C1. The Hall–Kier alpha value is -4.41. The second kappa shape index (κ2) is 13.2. The van der Waals surface area contributed by atoms with Crippen LogP contribution in [-0.2, 0) is 9.59 Å². The molecule has 1 aliphatic rings. The van der Waals surface area contributed by atoms with Crippen LogP contribution in [0.5, 0.6) is 0 Å². The summed E-state index contributed by atoms with van der Waals surface area (Å²) in [5.41, 5.74) is 2.40. The van der Waals surface area contributed by atoms with E-state index in [2.05, 4.69) is 49.1 Å². The maximum atomic E-state index is 12.8. The fourth-order valence-electron chi connectivity index (χ4n) is 3.91. The van der Waals surface area contributed by atoms with E-state index in [4.69, 9.17) is 5.26 Å². The third kappa shape index (κ3) is 7.55. The number of carbonyl (C=O) groups excluding carboxylic acids is 2. The fraction of sp³-hybridized carbons (Fsp3) is 0.393. The third-order valence-electron chi connectivity index (χ3n) is 6.19. The van der Waals surface area contributed by atoms with Gasteiger partial charge in [0.25, 0.3) is 0 Å². The minimum absolute atomic E-state index is 0.0276. The summed E-state index contributed by atoms with van der Waals surface area (Å²) in [5.74, 6) is 6.58. The highest BCUT2D eigenvalue weighted by molar-refractivity contribution is 5.99. The molecule has 38 heavy (non-hydrogen) atoms. The molecule has 2 amide bonds. The van der Waals surface area contributed by atoms with Crippen LogP contribution in [0.3, 0.4) is 0 Å². The Balaban J connectivity index is 1.57. The topological polar surface area (TPSA) is 135 Å². The third-order valence-corrected chi connectivity index (χ3v) is 6.19. The summed E-state index contributed by atoms with van der Waals surface area (Å²) in [6, 6.07) is 9.21. The molecule has 1 saturated carbocycles. The molecule has 0 aliphatic heterocycles. The van der Waals surface area contributed by atoms with Gasteiger partial charge >= 0.3 is 0 Å². The van der Waals surface area contributed by atoms with Crippen molar-refractivity contribution >= 4 is 29.3 Å². The van der Waals surface area contributed by atoms with Crippen molar-refractivity contribution in [1.29, 1.82) is 5.26 Å². The molecule has 3 rings (SSSR count). The largest absolute Gasteiger partial charge is 0.372 e.